The van der Waals surface area contributed by atoms with E-state index in [1.807, 2.05) is 12.1 Å². The second kappa shape index (κ2) is 9.54. The van der Waals surface area contributed by atoms with Crippen LogP contribution in [0, 0.1) is 6.92 Å². The van der Waals surface area contributed by atoms with Crippen molar-refractivity contribution in [3.8, 4) is 0 Å². The molecule has 2 saturated heterocycles. The molecule has 168 valence electrons. The summed E-state index contributed by atoms with van der Waals surface area (Å²) in [6.07, 6.45) is 6.74. The Morgan fingerprint density at radius 2 is 1.77 bits per heavy atom. The van der Waals surface area contributed by atoms with Gasteiger partial charge in [-0.2, -0.15) is 4.31 Å². The van der Waals surface area contributed by atoms with Gasteiger partial charge in [0.05, 0.1) is 17.2 Å². The first-order valence-electron chi connectivity index (χ1n) is 11.1. The van der Waals surface area contributed by atoms with Crippen LogP contribution in [0.1, 0.15) is 59.8 Å². The van der Waals surface area contributed by atoms with Crippen LogP contribution < -0.4 is 5.32 Å². The molecule has 1 atom stereocenters. The van der Waals surface area contributed by atoms with Gasteiger partial charge in [0.25, 0.3) is 5.91 Å². The molecular weight excluding hydrogens is 414 g/mol. The molecule has 2 aliphatic rings. The van der Waals surface area contributed by atoms with Gasteiger partial charge in [0.1, 0.15) is 5.76 Å². The summed E-state index contributed by atoms with van der Waals surface area (Å²) in [5.74, 6) is 0.560. The maximum Gasteiger partial charge on any atom is 0.251 e. The van der Waals surface area contributed by atoms with E-state index in [-0.39, 0.29) is 16.8 Å². The molecule has 0 spiro atoms. The number of nitrogens with one attached hydrogen (secondary N) is 1. The van der Waals surface area contributed by atoms with Gasteiger partial charge in [0, 0.05) is 25.2 Å². The van der Waals surface area contributed by atoms with Gasteiger partial charge in [-0.3, -0.25) is 9.69 Å². The number of benzene rings is 1. The van der Waals surface area contributed by atoms with E-state index in [1.54, 1.807) is 29.6 Å². The molecular formula is C23H31N3O4S. The van der Waals surface area contributed by atoms with Crippen molar-refractivity contribution in [3.63, 3.8) is 0 Å². The first kappa shape index (κ1) is 22.0. The Bertz CT molecular complexity index is 992. The normalized spacial score (nSPS) is 19.4. The Kier molecular flexibility index (Phi) is 6.79. The molecule has 0 radical (unpaired) electrons. The van der Waals surface area contributed by atoms with Crippen molar-refractivity contribution in [2.75, 3.05) is 32.7 Å². The van der Waals surface area contributed by atoms with Crippen LogP contribution in [0.15, 0.2) is 45.9 Å². The van der Waals surface area contributed by atoms with E-state index < -0.39 is 10.0 Å². The average Bonchev–Trinajstić information content (AvgIpc) is 3.50. The summed E-state index contributed by atoms with van der Waals surface area (Å²) in [5, 5.41) is 2.99. The van der Waals surface area contributed by atoms with E-state index in [1.165, 1.54) is 6.07 Å². The van der Waals surface area contributed by atoms with Gasteiger partial charge in [0.15, 0.2) is 0 Å². The van der Waals surface area contributed by atoms with E-state index in [0.717, 1.165) is 51.0 Å². The fraction of sp³-hybridized carbons (Fsp3) is 0.522. The number of aryl methyl sites for hydroxylation is 1. The second-order valence-corrected chi connectivity index (χ2v) is 10.3. The predicted octanol–water partition coefficient (Wildman–Crippen LogP) is 3.33. The van der Waals surface area contributed by atoms with Crippen LogP contribution >= 0.6 is 0 Å². The first-order chi connectivity index (χ1) is 15.0. The topological polar surface area (TPSA) is 82.9 Å². The van der Waals surface area contributed by atoms with Crippen LogP contribution in [-0.4, -0.2) is 56.3 Å². The number of sulfonamides is 1. The third-order valence-electron chi connectivity index (χ3n) is 6.29. The summed E-state index contributed by atoms with van der Waals surface area (Å²) in [7, 11) is -3.60. The molecule has 2 fully saturated rings. The predicted molar refractivity (Wildman–Crippen MR) is 118 cm³/mol. The third kappa shape index (κ3) is 4.86. The number of piperidine rings is 1. The lowest BCUT2D eigenvalue weighted by molar-refractivity contribution is 0.0933. The van der Waals surface area contributed by atoms with E-state index in [2.05, 4.69) is 10.2 Å². The second-order valence-electron chi connectivity index (χ2n) is 8.43. The lowest BCUT2D eigenvalue weighted by Crippen LogP contribution is -2.37. The highest BCUT2D eigenvalue weighted by molar-refractivity contribution is 7.89. The van der Waals surface area contributed by atoms with Crippen molar-refractivity contribution in [3.05, 3.63) is 53.5 Å². The minimum Gasteiger partial charge on any atom is -0.468 e. The number of carbonyl (C=O) groups excluding carboxylic acids is 1. The van der Waals surface area contributed by atoms with Crippen LogP contribution in [0.5, 0.6) is 0 Å². The summed E-state index contributed by atoms with van der Waals surface area (Å²) in [5.41, 5.74) is 1.02. The number of amides is 1. The van der Waals surface area contributed by atoms with E-state index >= 15 is 0 Å². The van der Waals surface area contributed by atoms with Gasteiger partial charge >= 0.3 is 0 Å². The number of carbonyl (C=O) groups is 1. The molecule has 2 aliphatic heterocycles. The SMILES string of the molecule is Cc1ccc(C(=O)NC[C@H](c2ccco2)N2CCCC2)cc1S(=O)(=O)N1CCCCC1. The molecule has 3 heterocycles. The summed E-state index contributed by atoms with van der Waals surface area (Å²) < 4.78 is 33.5. The summed E-state index contributed by atoms with van der Waals surface area (Å²) >= 11 is 0. The molecule has 1 aromatic carbocycles. The molecule has 1 amide bonds. The Hall–Kier alpha value is -2.16. The highest BCUT2D eigenvalue weighted by Gasteiger charge is 2.29. The van der Waals surface area contributed by atoms with Crippen LogP contribution in [0.4, 0.5) is 0 Å². The number of likely N-dealkylation sites (tertiary alicyclic amines) is 1. The largest absolute Gasteiger partial charge is 0.468 e. The Morgan fingerprint density at radius 3 is 2.45 bits per heavy atom. The Morgan fingerprint density at radius 1 is 1.06 bits per heavy atom. The fourth-order valence-corrected chi connectivity index (χ4v) is 6.27. The summed E-state index contributed by atoms with van der Waals surface area (Å²) in [6.45, 7) is 5.22. The molecule has 0 aliphatic carbocycles. The smallest absolute Gasteiger partial charge is 0.251 e. The van der Waals surface area contributed by atoms with Crippen LogP contribution in [-0.2, 0) is 10.0 Å². The third-order valence-corrected chi connectivity index (χ3v) is 8.33. The molecule has 31 heavy (non-hydrogen) atoms. The van der Waals surface area contributed by atoms with Gasteiger partial charge in [0.2, 0.25) is 10.0 Å². The van der Waals surface area contributed by atoms with Crippen molar-refractivity contribution < 1.29 is 17.6 Å². The standard InChI is InChI=1S/C23H31N3O4S/c1-18-9-10-19(16-22(18)31(28,29)26-13-3-2-4-14-26)23(27)24-17-20(21-8-7-15-30-21)25-11-5-6-12-25/h7-10,15-16,20H,2-6,11-14,17H2,1H3,(H,24,27)/t20-/m1/s1. The molecule has 8 heteroatoms. The highest BCUT2D eigenvalue weighted by Crippen LogP contribution is 2.26. The molecule has 1 aromatic heterocycles. The lowest BCUT2D eigenvalue weighted by atomic mass is 10.1. The van der Waals surface area contributed by atoms with Crippen LogP contribution in [0.25, 0.3) is 0 Å². The quantitative estimate of drug-likeness (QED) is 0.707. The molecule has 2 aromatic rings. The van der Waals surface area contributed by atoms with Crippen molar-refractivity contribution in [2.24, 2.45) is 0 Å². The maximum absolute atomic E-state index is 13.2. The minimum atomic E-state index is -3.60. The minimum absolute atomic E-state index is 0.0246. The van der Waals surface area contributed by atoms with Gasteiger partial charge in [-0.15, -0.1) is 0 Å². The van der Waals surface area contributed by atoms with E-state index in [4.69, 9.17) is 4.42 Å². The van der Waals surface area contributed by atoms with E-state index in [9.17, 15) is 13.2 Å². The van der Waals surface area contributed by atoms with Gasteiger partial charge in [-0.1, -0.05) is 12.5 Å². The van der Waals surface area contributed by atoms with Crippen LogP contribution in [0.2, 0.25) is 0 Å². The van der Waals surface area contributed by atoms with Crippen molar-refractivity contribution in [1.82, 2.24) is 14.5 Å². The molecule has 1 N–H and O–H groups in total. The molecule has 7 nitrogen and oxygen atoms in total. The average molecular weight is 446 g/mol. The fourth-order valence-electron chi connectivity index (χ4n) is 4.50. The van der Waals surface area contributed by atoms with Gasteiger partial charge < -0.3 is 9.73 Å². The first-order valence-corrected chi connectivity index (χ1v) is 12.6. The maximum atomic E-state index is 13.2. The number of hydrogen-bond donors (Lipinski definition) is 1. The summed E-state index contributed by atoms with van der Waals surface area (Å²) in [6, 6.07) is 8.70. The van der Waals surface area contributed by atoms with Crippen molar-refractivity contribution >= 4 is 15.9 Å². The van der Waals surface area contributed by atoms with Crippen LogP contribution in [0.3, 0.4) is 0 Å². The molecule has 0 bridgehead atoms. The Balaban J connectivity index is 1.50. The zero-order chi connectivity index (χ0) is 21.8. The van der Waals surface area contributed by atoms with Crippen molar-refractivity contribution in [2.45, 2.75) is 50.0 Å². The zero-order valence-electron chi connectivity index (χ0n) is 18.0. The monoisotopic (exact) mass is 445 g/mol. The number of hydrogen-bond acceptors (Lipinski definition) is 5. The molecule has 4 rings (SSSR count). The lowest BCUT2D eigenvalue weighted by Gasteiger charge is -2.27. The molecule has 0 saturated carbocycles. The summed E-state index contributed by atoms with van der Waals surface area (Å²) in [4.78, 5) is 15.5. The number of rotatable bonds is 7. The highest BCUT2D eigenvalue weighted by atomic mass is 32.2. The zero-order valence-corrected chi connectivity index (χ0v) is 18.9. The number of furan rings is 1. The number of nitrogens with zero attached hydrogens (tertiary/aromatic N) is 2. The van der Waals surface area contributed by atoms with Crippen molar-refractivity contribution in [1.29, 1.82) is 0 Å². The Labute approximate surface area is 184 Å². The van der Waals surface area contributed by atoms with E-state index in [0.29, 0.717) is 30.8 Å². The van der Waals surface area contributed by atoms with Gasteiger partial charge in [-0.25, -0.2) is 8.42 Å². The molecule has 0 unspecified atom stereocenters. The van der Waals surface area contributed by atoms with Gasteiger partial charge in [-0.05, 0) is 75.5 Å².